The first-order chi connectivity index (χ1) is 14.3. The van der Waals surface area contributed by atoms with Gasteiger partial charge in [-0.15, -0.1) is 0 Å². The molecule has 0 aromatic heterocycles. The van der Waals surface area contributed by atoms with Gasteiger partial charge in [0, 0.05) is 25.1 Å². The molecule has 0 bridgehead atoms. The average Bonchev–Trinajstić information content (AvgIpc) is 2.71. The van der Waals surface area contributed by atoms with E-state index >= 15 is 0 Å². The van der Waals surface area contributed by atoms with E-state index in [0.717, 1.165) is 24.3 Å². The van der Waals surface area contributed by atoms with Gasteiger partial charge >= 0.3 is 0 Å². The van der Waals surface area contributed by atoms with E-state index in [1.165, 1.54) is 0 Å². The molecule has 162 valence electrons. The number of nitrogens with zero attached hydrogens (tertiary/aromatic N) is 1. The molecule has 2 N–H and O–H groups in total. The van der Waals surface area contributed by atoms with Gasteiger partial charge in [-0.1, -0.05) is 36.4 Å². The van der Waals surface area contributed by atoms with Crippen LogP contribution in [0.15, 0.2) is 64.5 Å². The van der Waals surface area contributed by atoms with Crippen molar-refractivity contribution in [2.45, 2.75) is 50.2 Å². The van der Waals surface area contributed by atoms with Crippen LogP contribution < -0.4 is 15.4 Å². The molecule has 0 amide bonds. The predicted octanol–water partition coefficient (Wildman–Crippen LogP) is 3.71. The zero-order chi connectivity index (χ0) is 21.6. The lowest BCUT2D eigenvalue weighted by molar-refractivity contribution is 0.0694. The fraction of sp³-hybridized carbons (Fsp3) is 0.435. The molecule has 3 rings (SSSR count). The second kappa shape index (κ2) is 9.51. The lowest BCUT2D eigenvalue weighted by atomic mass is 9.90. The van der Waals surface area contributed by atoms with E-state index in [0.29, 0.717) is 23.8 Å². The summed E-state index contributed by atoms with van der Waals surface area (Å²) in [5.74, 6) is 1.65. The van der Waals surface area contributed by atoms with Gasteiger partial charge in [-0.25, -0.2) is 8.42 Å². The largest absolute Gasteiger partial charge is 0.487 e. The van der Waals surface area contributed by atoms with E-state index in [-0.39, 0.29) is 17.4 Å². The van der Waals surface area contributed by atoms with Crippen LogP contribution in [0.1, 0.15) is 45.2 Å². The molecule has 0 fully saturated rings. The molecule has 7 heteroatoms. The van der Waals surface area contributed by atoms with Crippen LogP contribution in [-0.4, -0.2) is 38.8 Å². The van der Waals surface area contributed by atoms with Crippen LogP contribution >= 0.6 is 0 Å². The number of nitrogens with one attached hydrogen (secondary N) is 2. The van der Waals surface area contributed by atoms with E-state index in [1.54, 1.807) is 24.3 Å². The highest BCUT2D eigenvalue weighted by Gasteiger charge is 2.33. The van der Waals surface area contributed by atoms with Gasteiger partial charge in [0.15, 0.2) is 15.8 Å². The Balaban J connectivity index is 1.65. The fourth-order valence-corrected chi connectivity index (χ4v) is 4.92. The van der Waals surface area contributed by atoms with Crippen molar-refractivity contribution in [2.24, 2.45) is 4.99 Å². The number of para-hydroxylation sites is 1. The summed E-state index contributed by atoms with van der Waals surface area (Å²) >= 11 is 0. The first kappa shape index (κ1) is 22.2. The van der Waals surface area contributed by atoms with Gasteiger partial charge < -0.3 is 15.4 Å². The molecular formula is C23H31N3O3S. The fourth-order valence-electron chi connectivity index (χ4n) is 3.61. The highest BCUT2D eigenvalue weighted by molar-refractivity contribution is 7.91. The summed E-state index contributed by atoms with van der Waals surface area (Å²) in [7, 11) is -3.28. The van der Waals surface area contributed by atoms with Crippen molar-refractivity contribution in [1.82, 2.24) is 10.6 Å². The van der Waals surface area contributed by atoms with Crippen molar-refractivity contribution >= 4 is 15.8 Å². The number of guanidine groups is 1. The highest BCUT2D eigenvalue weighted by atomic mass is 32.2. The van der Waals surface area contributed by atoms with Gasteiger partial charge in [0.05, 0.1) is 16.7 Å². The molecule has 0 saturated carbocycles. The van der Waals surface area contributed by atoms with Gasteiger partial charge in [0.1, 0.15) is 11.4 Å². The van der Waals surface area contributed by atoms with Crippen LogP contribution in [0.4, 0.5) is 0 Å². The molecule has 0 saturated heterocycles. The number of hydrogen-bond acceptors (Lipinski definition) is 4. The van der Waals surface area contributed by atoms with Crippen LogP contribution in [0, 0.1) is 0 Å². The minimum absolute atomic E-state index is 0.0656. The van der Waals surface area contributed by atoms with Crippen molar-refractivity contribution < 1.29 is 13.2 Å². The summed E-state index contributed by atoms with van der Waals surface area (Å²) < 4.78 is 31.0. The molecule has 0 aliphatic carbocycles. The molecule has 30 heavy (non-hydrogen) atoms. The zero-order valence-corrected chi connectivity index (χ0v) is 18.7. The maximum absolute atomic E-state index is 12.4. The number of hydrogen-bond donors (Lipinski definition) is 2. The van der Waals surface area contributed by atoms with Crippen LogP contribution in [0.2, 0.25) is 0 Å². The Morgan fingerprint density at radius 2 is 1.83 bits per heavy atom. The Kier molecular flexibility index (Phi) is 7.02. The Morgan fingerprint density at radius 3 is 2.57 bits per heavy atom. The number of ether oxygens (including phenoxy) is 1. The molecule has 0 spiro atoms. The van der Waals surface area contributed by atoms with Crippen molar-refractivity contribution in [1.29, 1.82) is 0 Å². The van der Waals surface area contributed by atoms with Crippen molar-refractivity contribution in [3.63, 3.8) is 0 Å². The van der Waals surface area contributed by atoms with E-state index in [2.05, 4.69) is 35.5 Å². The molecule has 0 radical (unpaired) electrons. The van der Waals surface area contributed by atoms with E-state index in [1.807, 2.05) is 31.2 Å². The second-order valence-corrected chi connectivity index (χ2v) is 10.2. The smallest absolute Gasteiger partial charge is 0.191 e. The second-order valence-electron chi connectivity index (χ2n) is 8.05. The molecule has 1 unspecified atom stereocenters. The molecule has 1 heterocycles. The van der Waals surface area contributed by atoms with Crippen molar-refractivity contribution in [3.8, 4) is 5.75 Å². The Labute approximate surface area is 179 Å². The third-order valence-electron chi connectivity index (χ3n) is 4.97. The number of aliphatic imine (C=N–C) groups is 1. The minimum atomic E-state index is -3.28. The number of sulfone groups is 1. The third kappa shape index (κ3) is 5.75. The number of benzene rings is 2. The minimum Gasteiger partial charge on any atom is -0.487 e. The van der Waals surface area contributed by atoms with E-state index < -0.39 is 9.84 Å². The summed E-state index contributed by atoms with van der Waals surface area (Å²) in [6, 6.07) is 16.7. The van der Waals surface area contributed by atoms with Crippen LogP contribution in [0.3, 0.4) is 0 Å². The Hall–Kier alpha value is -2.54. The van der Waals surface area contributed by atoms with Gasteiger partial charge in [-0.2, -0.15) is 0 Å². The lowest BCUT2D eigenvalue weighted by Gasteiger charge is -2.38. The third-order valence-corrected chi connectivity index (χ3v) is 6.79. The summed E-state index contributed by atoms with van der Waals surface area (Å²) in [6.07, 6.45) is 1.26. The molecule has 1 aliphatic rings. The van der Waals surface area contributed by atoms with Crippen molar-refractivity contribution in [3.05, 3.63) is 60.2 Å². The highest BCUT2D eigenvalue weighted by Crippen LogP contribution is 2.39. The van der Waals surface area contributed by atoms with Gasteiger partial charge in [0.2, 0.25) is 0 Å². The average molecular weight is 430 g/mol. The summed E-state index contributed by atoms with van der Waals surface area (Å²) in [6.45, 7) is 7.32. The summed E-state index contributed by atoms with van der Waals surface area (Å²) in [5, 5.41) is 6.77. The van der Waals surface area contributed by atoms with Gasteiger partial charge in [0.25, 0.3) is 0 Å². The molecular weight excluding hydrogens is 398 g/mol. The predicted molar refractivity (Wildman–Crippen MR) is 121 cm³/mol. The first-order valence-electron chi connectivity index (χ1n) is 10.4. The summed E-state index contributed by atoms with van der Waals surface area (Å²) in [5.41, 5.74) is 0.821. The summed E-state index contributed by atoms with van der Waals surface area (Å²) in [4.78, 5) is 4.98. The molecule has 6 nitrogen and oxygen atoms in total. The topological polar surface area (TPSA) is 79.8 Å². The number of rotatable bonds is 7. The quantitative estimate of drug-likeness (QED) is 0.398. The molecule has 1 atom stereocenters. The van der Waals surface area contributed by atoms with E-state index in [9.17, 15) is 8.42 Å². The zero-order valence-electron chi connectivity index (χ0n) is 17.9. The van der Waals surface area contributed by atoms with Crippen LogP contribution in [0.25, 0.3) is 0 Å². The number of fused-ring (bicyclic) bond motifs is 1. The lowest BCUT2D eigenvalue weighted by Crippen LogP contribution is -2.45. The molecule has 2 aromatic carbocycles. The van der Waals surface area contributed by atoms with Crippen LogP contribution in [0.5, 0.6) is 5.75 Å². The maximum atomic E-state index is 12.4. The standard InChI is InChI=1S/C23H31N3O3S/c1-4-24-22(25-15-10-16-30(27,28)18-11-6-5-7-12-18)26-20-17-23(2,3)29-21-14-9-8-13-19(20)21/h5-9,11-14,20H,4,10,15-17H2,1-3H3,(H2,24,25,26). The normalized spacial score (nSPS) is 18.2. The monoisotopic (exact) mass is 429 g/mol. The first-order valence-corrected chi connectivity index (χ1v) is 12.1. The van der Waals surface area contributed by atoms with E-state index in [4.69, 9.17) is 4.74 Å². The van der Waals surface area contributed by atoms with Crippen molar-refractivity contribution in [2.75, 3.05) is 18.8 Å². The SMILES string of the molecule is CCNC(=NCCCS(=O)(=O)c1ccccc1)NC1CC(C)(C)Oc2ccccc21. The molecule has 2 aromatic rings. The Morgan fingerprint density at radius 1 is 1.13 bits per heavy atom. The Bertz CT molecular complexity index is 972. The van der Waals surface area contributed by atoms with Gasteiger partial charge in [-0.3, -0.25) is 4.99 Å². The molecule has 1 aliphatic heterocycles. The van der Waals surface area contributed by atoms with Crippen LogP contribution in [-0.2, 0) is 9.84 Å². The maximum Gasteiger partial charge on any atom is 0.191 e. The van der Waals surface area contributed by atoms with Gasteiger partial charge in [-0.05, 0) is 45.4 Å².